The van der Waals surface area contributed by atoms with Crippen molar-refractivity contribution in [3.8, 4) is 0 Å². The molecule has 0 aliphatic carbocycles. The summed E-state index contributed by atoms with van der Waals surface area (Å²) in [5, 5.41) is -0.0278. The molecule has 0 bridgehead atoms. The lowest BCUT2D eigenvalue weighted by molar-refractivity contribution is 0.542. The fourth-order valence-corrected chi connectivity index (χ4v) is 0.490. The molecule has 8 heavy (non-hydrogen) atoms. The zero-order chi connectivity index (χ0) is 6.15. The summed E-state index contributed by atoms with van der Waals surface area (Å²) in [5.74, 6) is 0.0648. The zero-order valence-electron chi connectivity index (χ0n) is 3.89. The summed E-state index contributed by atoms with van der Waals surface area (Å²) < 4.78 is 4.52. The van der Waals surface area contributed by atoms with E-state index in [0.717, 1.165) is 0 Å². The molecular formula is C5H2ClNO. The van der Waals surface area contributed by atoms with Crippen molar-refractivity contribution >= 4 is 11.6 Å². The van der Waals surface area contributed by atoms with Crippen LogP contribution < -0.4 is 0 Å². The highest BCUT2D eigenvalue weighted by Crippen LogP contribution is 2.11. The molecular weight excluding hydrogens is 126 g/mol. The number of halogens is 1. The van der Waals surface area contributed by atoms with Gasteiger partial charge >= 0.3 is 0 Å². The zero-order valence-corrected chi connectivity index (χ0v) is 4.64. The van der Waals surface area contributed by atoms with E-state index in [1.807, 2.05) is 0 Å². The topological polar surface area (TPSA) is 26.0 Å². The largest absolute Gasteiger partial charge is 0.432 e. The van der Waals surface area contributed by atoms with Gasteiger partial charge in [-0.2, -0.15) is 0 Å². The van der Waals surface area contributed by atoms with Gasteiger partial charge in [-0.1, -0.05) is 0 Å². The summed E-state index contributed by atoms with van der Waals surface area (Å²) in [7, 11) is 0. The van der Waals surface area contributed by atoms with Crippen LogP contribution in [0.1, 0.15) is 11.5 Å². The van der Waals surface area contributed by atoms with Crippen molar-refractivity contribution in [1.82, 2.24) is 4.98 Å². The van der Waals surface area contributed by atoms with E-state index >= 15 is 0 Å². The van der Waals surface area contributed by atoms with Gasteiger partial charge < -0.3 is 4.42 Å². The molecule has 0 aliphatic heterocycles. The average Bonchev–Trinajstić information content (AvgIpc) is 1.85. The lowest BCUT2D eigenvalue weighted by Crippen LogP contribution is -1.69. The highest BCUT2D eigenvalue weighted by Gasteiger charge is 2.00. The summed E-state index contributed by atoms with van der Waals surface area (Å²) in [4.78, 5) is 3.46. The van der Waals surface area contributed by atoms with Gasteiger partial charge in [0, 0.05) is 13.8 Å². The second kappa shape index (κ2) is 1.78. The van der Waals surface area contributed by atoms with E-state index in [9.17, 15) is 0 Å². The van der Waals surface area contributed by atoms with E-state index < -0.39 is 0 Å². The maximum atomic E-state index is 5.23. The standard InChI is InChI=1S/C5H2ClNO/c1-3-4(2)8-5(6)7-3/h1-2H. The summed E-state index contributed by atoms with van der Waals surface area (Å²) in [5.41, 5.74) is 0.134. The van der Waals surface area contributed by atoms with Crippen molar-refractivity contribution in [3.05, 3.63) is 30.7 Å². The Morgan fingerprint density at radius 2 is 2.12 bits per heavy atom. The quantitative estimate of drug-likeness (QED) is 0.527. The minimum atomic E-state index is -0.0278. The number of rotatable bonds is 0. The van der Waals surface area contributed by atoms with Crippen molar-refractivity contribution in [2.45, 2.75) is 0 Å². The highest BCUT2D eigenvalue weighted by atomic mass is 35.5. The van der Waals surface area contributed by atoms with E-state index in [2.05, 4.69) is 9.40 Å². The number of nitrogens with zero attached hydrogens (tertiary/aromatic N) is 1. The number of hydrogen-bond acceptors (Lipinski definition) is 2. The highest BCUT2D eigenvalue weighted by molar-refractivity contribution is 6.27. The second-order valence-electron chi connectivity index (χ2n) is 1.22. The second-order valence-corrected chi connectivity index (χ2v) is 1.54. The van der Waals surface area contributed by atoms with E-state index in [4.69, 9.17) is 25.4 Å². The molecule has 1 heterocycles. The Hall–Kier alpha value is -0.500. The van der Waals surface area contributed by atoms with Crippen molar-refractivity contribution in [2.75, 3.05) is 0 Å². The van der Waals surface area contributed by atoms with Gasteiger partial charge in [-0.25, -0.2) is 4.98 Å². The SMILES string of the molecule is [CH]c1nc(Cl)oc1[CH]. The lowest BCUT2D eigenvalue weighted by atomic mass is 10.4. The fourth-order valence-electron chi connectivity index (χ4n) is 0.316. The Labute approximate surface area is 52.5 Å². The van der Waals surface area contributed by atoms with Gasteiger partial charge in [0.1, 0.15) is 5.76 Å². The first-order chi connectivity index (χ1) is 3.70. The normalized spacial score (nSPS) is 9.88. The third-order valence-electron chi connectivity index (χ3n) is 0.655. The van der Waals surface area contributed by atoms with Crippen molar-refractivity contribution in [2.24, 2.45) is 0 Å². The van der Waals surface area contributed by atoms with Crippen molar-refractivity contribution < 1.29 is 4.42 Å². The van der Waals surface area contributed by atoms with Gasteiger partial charge in [-0.05, 0) is 11.6 Å². The minimum Gasteiger partial charge on any atom is -0.432 e. The molecule has 0 saturated heterocycles. The first kappa shape index (κ1) is 5.63. The van der Waals surface area contributed by atoms with E-state index in [-0.39, 0.29) is 16.8 Å². The van der Waals surface area contributed by atoms with E-state index in [0.29, 0.717) is 0 Å². The molecule has 0 aromatic carbocycles. The smallest absolute Gasteiger partial charge is 0.292 e. The van der Waals surface area contributed by atoms with Crippen LogP contribution in [0.2, 0.25) is 5.35 Å². The van der Waals surface area contributed by atoms with Crippen LogP contribution >= 0.6 is 11.6 Å². The van der Waals surface area contributed by atoms with E-state index in [1.165, 1.54) is 0 Å². The maximum absolute atomic E-state index is 5.23. The maximum Gasteiger partial charge on any atom is 0.292 e. The first-order valence-electron chi connectivity index (χ1n) is 1.87. The first-order valence-corrected chi connectivity index (χ1v) is 2.25. The summed E-state index contributed by atoms with van der Waals surface area (Å²) in [6, 6.07) is 0. The van der Waals surface area contributed by atoms with Crippen LogP contribution in [0, 0.1) is 13.8 Å². The molecule has 4 radical (unpaired) electrons. The van der Waals surface area contributed by atoms with Crippen molar-refractivity contribution in [3.63, 3.8) is 0 Å². The molecule has 0 spiro atoms. The number of hydrogen-bond donors (Lipinski definition) is 0. The van der Waals surface area contributed by atoms with Crippen LogP contribution in [0.4, 0.5) is 0 Å². The summed E-state index contributed by atoms with van der Waals surface area (Å²) in [6.45, 7) is 10.2. The molecule has 40 valence electrons. The van der Waals surface area contributed by atoms with Crippen LogP contribution in [0.3, 0.4) is 0 Å². The monoisotopic (exact) mass is 127 g/mol. The Kier molecular flexibility index (Phi) is 1.26. The molecule has 0 amide bonds. The molecule has 1 aromatic heterocycles. The fraction of sp³-hybridized carbons (Fsp3) is 0. The molecule has 0 fully saturated rings. The third kappa shape index (κ3) is 0.842. The van der Waals surface area contributed by atoms with Crippen LogP contribution in [-0.4, -0.2) is 4.98 Å². The van der Waals surface area contributed by atoms with Crippen LogP contribution in [0.5, 0.6) is 0 Å². The minimum absolute atomic E-state index is 0.0278. The van der Waals surface area contributed by atoms with Crippen molar-refractivity contribution in [1.29, 1.82) is 0 Å². The molecule has 2 nitrogen and oxygen atoms in total. The average molecular weight is 128 g/mol. The number of oxazole rings is 1. The molecule has 0 N–H and O–H groups in total. The Bertz CT molecular complexity index is 175. The molecule has 0 saturated carbocycles. The molecule has 0 unspecified atom stereocenters. The summed E-state index contributed by atoms with van der Waals surface area (Å²) >= 11 is 5.23. The summed E-state index contributed by atoms with van der Waals surface area (Å²) in [6.07, 6.45) is 0. The lowest BCUT2D eigenvalue weighted by Gasteiger charge is -1.75. The molecule has 1 aromatic rings. The Morgan fingerprint density at radius 3 is 2.25 bits per heavy atom. The predicted molar refractivity (Wildman–Crippen MR) is 28.3 cm³/mol. The van der Waals surface area contributed by atoms with Gasteiger partial charge in [-0.3, -0.25) is 0 Å². The molecule has 0 aliphatic rings. The molecule has 1 rings (SSSR count). The third-order valence-corrected chi connectivity index (χ3v) is 0.817. The Morgan fingerprint density at radius 1 is 1.50 bits per heavy atom. The van der Waals surface area contributed by atoms with Gasteiger partial charge in [0.05, 0.1) is 5.69 Å². The molecule has 0 atom stereocenters. The van der Waals surface area contributed by atoms with Gasteiger partial charge in [0.25, 0.3) is 5.35 Å². The number of aromatic nitrogens is 1. The van der Waals surface area contributed by atoms with Crippen LogP contribution in [0.15, 0.2) is 4.42 Å². The van der Waals surface area contributed by atoms with E-state index in [1.54, 1.807) is 0 Å². The Balaban J connectivity index is 3.14. The van der Waals surface area contributed by atoms with Crippen LogP contribution in [0.25, 0.3) is 0 Å². The predicted octanol–water partition coefficient (Wildman–Crippen LogP) is 1.45. The van der Waals surface area contributed by atoms with Gasteiger partial charge in [0.15, 0.2) is 0 Å². The van der Waals surface area contributed by atoms with Crippen LogP contribution in [-0.2, 0) is 0 Å². The van der Waals surface area contributed by atoms with Gasteiger partial charge in [-0.15, -0.1) is 0 Å². The molecule has 3 heteroatoms. The van der Waals surface area contributed by atoms with Gasteiger partial charge in [0.2, 0.25) is 0 Å².